The van der Waals surface area contributed by atoms with Crippen LogP contribution in [0.4, 0.5) is 5.82 Å². The lowest BCUT2D eigenvalue weighted by atomic mass is 9.91. The van der Waals surface area contributed by atoms with E-state index in [9.17, 15) is 4.79 Å². The molecule has 0 bridgehead atoms. The summed E-state index contributed by atoms with van der Waals surface area (Å²) in [6, 6.07) is 9.99. The van der Waals surface area contributed by atoms with E-state index in [1.165, 1.54) is 0 Å². The van der Waals surface area contributed by atoms with Crippen molar-refractivity contribution in [3.05, 3.63) is 94.3 Å². The predicted octanol–water partition coefficient (Wildman–Crippen LogP) is 5.62. The van der Waals surface area contributed by atoms with Gasteiger partial charge >= 0.3 is 0 Å². The summed E-state index contributed by atoms with van der Waals surface area (Å²) >= 11 is 10.0. The number of hydrogen-bond acceptors (Lipinski definition) is 5. The largest absolute Gasteiger partial charge is 0.384 e. The molecule has 194 valence electrons. The fourth-order valence-corrected chi connectivity index (χ4v) is 5.86. The lowest BCUT2D eigenvalue weighted by Crippen LogP contribution is -2.39. The van der Waals surface area contributed by atoms with Crippen LogP contribution in [0, 0.1) is 11.8 Å². The first-order valence-electron chi connectivity index (χ1n) is 12.9. The molecule has 0 spiro atoms. The van der Waals surface area contributed by atoms with Gasteiger partial charge in [-0.3, -0.25) is 4.79 Å². The number of piperidine rings is 1. The zero-order chi connectivity index (χ0) is 26.1. The average molecular weight is 592 g/mol. The Morgan fingerprint density at radius 2 is 2.03 bits per heavy atom. The molecule has 1 fully saturated rings. The number of hydrogen-bond donors (Lipinski definition) is 2. The minimum absolute atomic E-state index is 0.0812. The van der Waals surface area contributed by atoms with Crippen LogP contribution in [-0.2, 0) is 4.79 Å². The Morgan fingerprint density at radius 1 is 1.21 bits per heavy atom. The number of fused-ring (bicyclic) bond motifs is 2. The molecule has 0 radical (unpaired) electrons. The second kappa shape index (κ2) is 10.8. The monoisotopic (exact) mass is 590 g/mol. The van der Waals surface area contributed by atoms with Gasteiger partial charge in [0, 0.05) is 54.5 Å². The maximum Gasteiger partial charge on any atom is 0.246 e. The molecule has 2 aromatic heterocycles. The van der Waals surface area contributed by atoms with Crippen molar-refractivity contribution in [2.45, 2.75) is 18.9 Å². The molecule has 0 saturated carbocycles. The molecule has 9 heteroatoms. The minimum Gasteiger partial charge on any atom is -0.384 e. The third-order valence-corrected chi connectivity index (χ3v) is 8.35. The molecule has 7 nitrogen and oxygen atoms in total. The highest BCUT2D eigenvalue weighted by molar-refractivity contribution is 9.10. The lowest BCUT2D eigenvalue weighted by molar-refractivity contribution is -0.127. The van der Waals surface area contributed by atoms with Crippen molar-refractivity contribution in [2.75, 3.05) is 25.0 Å². The number of aromatic nitrogens is 3. The number of anilines is 1. The number of likely N-dealkylation sites (tertiary alicyclic amines) is 1. The van der Waals surface area contributed by atoms with Gasteiger partial charge in [0.1, 0.15) is 5.82 Å². The van der Waals surface area contributed by atoms with Crippen LogP contribution in [0.15, 0.2) is 89.2 Å². The van der Waals surface area contributed by atoms with Crippen molar-refractivity contribution in [3.63, 3.8) is 0 Å². The Morgan fingerprint density at radius 3 is 2.87 bits per heavy atom. The Hall–Kier alpha value is -3.36. The molecule has 4 heterocycles. The quantitative estimate of drug-likeness (QED) is 0.364. The molecule has 3 aliphatic rings. The molecule has 38 heavy (non-hydrogen) atoms. The summed E-state index contributed by atoms with van der Waals surface area (Å²) in [5.41, 5.74) is 3.55. The van der Waals surface area contributed by atoms with Crippen LogP contribution >= 0.6 is 27.5 Å². The second-order valence-electron chi connectivity index (χ2n) is 9.85. The van der Waals surface area contributed by atoms with Crippen LogP contribution in [-0.4, -0.2) is 51.1 Å². The fraction of sp³-hybridized carbons (Fsp3) is 0.276. The molecule has 2 aliphatic heterocycles. The molecule has 3 aromatic rings. The summed E-state index contributed by atoms with van der Waals surface area (Å²) in [6.07, 6.45) is 17.8. The van der Waals surface area contributed by atoms with E-state index in [-0.39, 0.29) is 5.91 Å². The van der Waals surface area contributed by atoms with Crippen LogP contribution in [0.5, 0.6) is 0 Å². The van der Waals surface area contributed by atoms with Crippen LogP contribution in [0.3, 0.4) is 0 Å². The van der Waals surface area contributed by atoms with Gasteiger partial charge in [0.15, 0.2) is 5.65 Å². The van der Waals surface area contributed by atoms with Gasteiger partial charge in [0.05, 0.1) is 22.4 Å². The van der Waals surface area contributed by atoms with Gasteiger partial charge < -0.3 is 15.5 Å². The first-order chi connectivity index (χ1) is 18.6. The SMILES string of the molecule is O=C(/C=C/C1=CNC2C=CC=CC12)N1CCC(CNc2cc(-c3ccccc3Cl)nc3c(Br)cnn23)CC1. The molecule has 1 saturated heterocycles. The van der Waals surface area contributed by atoms with Crippen LogP contribution in [0.25, 0.3) is 16.9 Å². The molecule has 6 rings (SSSR count). The van der Waals surface area contributed by atoms with Gasteiger partial charge in [-0.1, -0.05) is 60.2 Å². The summed E-state index contributed by atoms with van der Waals surface area (Å²) < 4.78 is 2.63. The van der Waals surface area contributed by atoms with Crippen LogP contribution < -0.4 is 10.6 Å². The zero-order valence-corrected chi connectivity index (χ0v) is 23.1. The summed E-state index contributed by atoms with van der Waals surface area (Å²) in [5, 5.41) is 12.1. The van der Waals surface area contributed by atoms with Crippen molar-refractivity contribution < 1.29 is 4.79 Å². The van der Waals surface area contributed by atoms with Gasteiger partial charge in [0.25, 0.3) is 0 Å². The molecular formula is C29H28BrClN6O. The number of nitrogens with one attached hydrogen (secondary N) is 2. The summed E-state index contributed by atoms with van der Waals surface area (Å²) in [6.45, 7) is 2.30. The van der Waals surface area contributed by atoms with E-state index in [1.54, 1.807) is 12.3 Å². The molecular weight excluding hydrogens is 564 g/mol. The number of carbonyl (C=O) groups excluding carboxylic acids is 1. The highest BCUT2D eigenvalue weighted by Crippen LogP contribution is 2.31. The van der Waals surface area contributed by atoms with E-state index in [2.05, 4.69) is 56.0 Å². The average Bonchev–Trinajstić information content (AvgIpc) is 3.54. The summed E-state index contributed by atoms with van der Waals surface area (Å²) in [7, 11) is 0. The highest BCUT2D eigenvalue weighted by atomic mass is 79.9. The Balaban J connectivity index is 1.07. The standard InChI is InChI=1S/C29H28BrClN6O/c30-23-18-34-37-27(15-26(35-29(23)37)22-6-1-3-7-24(22)31)33-16-19-11-13-36(14-12-19)28(38)10-9-20-17-32-25-8-4-2-5-21(20)25/h1-10,15,17-19,21,25,32-33H,11-14,16H2/b10-9+. The van der Waals surface area contributed by atoms with Crippen molar-refractivity contribution in [3.8, 4) is 11.3 Å². The smallest absolute Gasteiger partial charge is 0.246 e. The minimum atomic E-state index is 0.0812. The first-order valence-corrected chi connectivity index (χ1v) is 14.0. The van der Waals surface area contributed by atoms with E-state index in [0.717, 1.165) is 65.2 Å². The Bertz CT molecular complexity index is 1480. The maximum atomic E-state index is 12.9. The Labute approximate surface area is 235 Å². The molecule has 2 N–H and O–H groups in total. The molecule has 2 atom stereocenters. The third-order valence-electron chi connectivity index (χ3n) is 7.46. The van der Waals surface area contributed by atoms with E-state index in [0.29, 0.717) is 22.9 Å². The summed E-state index contributed by atoms with van der Waals surface area (Å²) in [5.74, 6) is 1.70. The van der Waals surface area contributed by atoms with E-state index in [1.807, 2.05) is 52.0 Å². The van der Waals surface area contributed by atoms with E-state index in [4.69, 9.17) is 16.6 Å². The molecule has 1 aliphatic carbocycles. The van der Waals surface area contributed by atoms with Crippen molar-refractivity contribution in [1.29, 1.82) is 0 Å². The Kier molecular flexibility index (Phi) is 7.08. The van der Waals surface area contributed by atoms with Crippen molar-refractivity contribution in [1.82, 2.24) is 24.8 Å². The number of nitrogens with zero attached hydrogens (tertiary/aromatic N) is 4. The second-order valence-corrected chi connectivity index (χ2v) is 11.1. The molecule has 2 unspecified atom stereocenters. The van der Waals surface area contributed by atoms with E-state index >= 15 is 0 Å². The first kappa shape index (κ1) is 24.9. The normalized spacial score (nSPS) is 21.1. The predicted molar refractivity (Wildman–Crippen MR) is 155 cm³/mol. The number of carbonyl (C=O) groups is 1. The highest BCUT2D eigenvalue weighted by Gasteiger charge is 2.26. The van der Waals surface area contributed by atoms with Crippen molar-refractivity contribution >= 4 is 44.9 Å². The lowest BCUT2D eigenvalue weighted by Gasteiger charge is -2.31. The topological polar surface area (TPSA) is 74.6 Å². The van der Waals surface area contributed by atoms with Gasteiger partial charge in [-0.05, 0) is 46.3 Å². The van der Waals surface area contributed by atoms with Gasteiger partial charge in [0.2, 0.25) is 5.91 Å². The van der Waals surface area contributed by atoms with Crippen LogP contribution in [0.1, 0.15) is 12.8 Å². The zero-order valence-electron chi connectivity index (χ0n) is 20.7. The maximum absolute atomic E-state index is 12.9. The number of allylic oxidation sites excluding steroid dienone is 3. The fourth-order valence-electron chi connectivity index (χ4n) is 5.28. The number of rotatable bonds is 6. The van der Waals surface area contributed by atoms with Crippen LogP contribution in [0.2, 0.25) is 5.02 Å². The number of benzene rings is 1. The summed E-state index contributed by atoms with van der Waals surface area (Å²) in [4.78, 5) is 19.6. The van der Waals surface area contributed by atoms with Gasteiger partial charge in [-0.2, -0.15) is 9.61 Å². The van der Waals surface area contributed by atoms with Gasteiger partial charge in [-0.15, -0.1) is 0 Å². The van der Waals surface area contributed by atoms with Crippen molar-refractivity contribution in [2.24, 2.45) is 11.8 Å². The molecule has 1 aromatic carbocycles. The number of amides is 1. The number of halogens is 2. The van der Waals surface area contributed by atoms with Gasteiger partial charge in [-0.25, -0.2) is 4.98 Å². The third kappa shape index (κ3) is 5.02. The molecule has 1 amide bonds. The van der Waals surface area contributed by atoms with E-state index < -0.39 is 0 Å².